The molecule has 0 bridgehead atoms. The third kappa shape index (κ3) is 2.64. The van der Waals surface area contributed by atoms with Gasteiger partial charge in [-0.05, 0) is 13.3 Å². The Morgan fingerprint density at radius 3 is 2.94 bits per heavy atom. The molecule has 6 nitrogen and oxygen atoms in total. The lowest BCUT2D eigenvalue weighted by molar-refractivity contribution is -0.137. The van der Waals surface area contributed by atoms with Gasteiger partial charge in [-0.2, -0.15) is 10.4 Å². The molecule has 0 aliphatic rings. The van der Waals surface area contributed by atoms with E-state index in [1.807, 2.05) is 6.07 Å². The van der Waals surface area contributed by atoms with Gasteiger partial charge in [0.2, 0.25) is 0 Å². The smallest absolute Gasteiger partial charge is 0.326 e. The first-order valence-corrected chi connectivity index (χ1v) is 5.05. The predicted molar refractivity (Wildman–Crippen MR) is 62.5 cm³/mol. The van der Waals surface area contributed by atoms with Gasteiger partial charge in [0.05, 0.1) is 5.69 Å². The molecule has 0 saturated heterocycles. The van der Waals surface area contributed by atoms with Gasteiger partial charge >= 0.3 is 5.97 Å². The molecule has 1 atom stereocenters. The van der Waals surface area contributed by atoms with Crippen molar-refractivity contribution < 1.29 is 9.90 Å². The van der Waals surface area contributed by atoms with E-state index >= 15 is 0 Å². The van der Waals surface area contributed by atoms with Crippen molar-refractivity contribution in [3.63, 3.8) is 0 Å². The quantitative estimate of drug-likeness (QED) is 0.743. The van der Waals surface area contributed by atoms with Gasteiger partial charge in [-0.3, -0.25) is 4.68 Å². The Kier molecular flexibility index (Phi) is 3.88. The van der Waals surface area contributed by atoms with Gasteiger partial charge in [-0.25, -0.2) is 4.79 Å². The lowest BCUT2D eigenvalue weighted by atomic mass is 10.2. The number of carbonyl (C=O) groups is 1. The topological polar surface area (TPSA) is 90.9 Å². The predicted octanol–water partition coefficient (Wildman–Crippen LogP) is 1.04. The second kappa shape index (κ2) is 5.16. The number of hydrogen-bond acceptors (Lipinski definition) is 4. The van der Waals surface area contributed by atoms with Gasteiger partial charge in [0.25, 0.3) is 0 Å². The Bertz CT molecular complexity index is 484. The molecule has 1 unspecified atom stereocenters. The van der Waals surface area contributed by atoms with Crippen molar-refractivity contribution in [2.24, 2.45) is 7.05 Å². The molecular weight excluding hydrogens is 220 g/mol. The summed E-state index contributed by atoms with van der Waals surface area (Å²) >= 11 is 0. The Balaban J connectivity index is 3.05. The van der Waals surface area contributed by atoms with Crippen LogP contribution in [-0.4, -0.2) is 26.9 Å². The minimum atomic E-state index is -0.993. The number of nitrogens with one attached hydrogen (secondary N) is 1. The molecular formula is C11H14N4O2. The van der Waals surface area contributed by atoms with Crippen LogP contribution in [0.5, 0.6) is 0 Å². The number of carboxylic acid groups (broad SMARTS) is 1. The molecule has 1 rings (SSSR count). The summed E-state index contributed by atoms with van der Waals surface area (Å²) in [6.45, 7) is 5.21. The normalized spacial score (nSPS) is 11.6. The first-order valence-electron chi connectivity index (χ1n) is 5.05. The molecule has 6 heteroatoms. The fraction of sp³-hybridized carbons (Fsp3) is 0.364. The summed E-state index contributed by atoms with van der Waals surface area (Å²) in [5, 5.41) is 24.8. The third-order valence-electron chi connectivity index (χ3n) is 2.35. The van der Waals surface area contributed by atoms with Gasteiger partial charge in [0.1, 0.15) is 23.5 Å². The van der Waals surface area contributed by atoms with Gasteiger partial charge in [-0.15, -0.1) is 6.58 Å². The van der Waals surface area contributed by atoms with Crippen molar-refractivity contribution in [2.45, 2.75) is 19.4 Å². The summed E-state index contributed by atoms with van der Waals surface area (Å²) in [4.78, 5) is 11.0. The van der Waals surface area contributed by atoms with Crippen LogP contribution in [0.3, 0.4) is 0 Å². The Morgan fingerprint density at radius 2 is 2.47 bits per heavy atom. The molecule has 0 aliphatic carbocycles. The second-order valence-corrected chi connectivity index (χ2v) is 3.60. The number of rotatable bonds is 5. The monoisotopic (exact) mass is 234 g/mol. The average Bonchev–Trinajstić information content (AvgIpc) is 2.52. The highest BCUT2D eigenvalue weighted by molar-refractivity contribution is 5.78. The molecule has 0 radical (unpaired) electrons. The van der Waals surface area contributed by atoms with E-state index in [0.29, 0.717) is 17.1 Å². The highest BCUT2D eigenvalue weighted by Gasteiger charge is 2.20. The van der Waals surface area contributed by atoms with Crippen LogP contribution in [0.25, 0.3) is 0 Å². The van der Waals surface area contributed by atoms with Crippen LogP contribution < -0.4 is 5.32 Å². The number of nitriles is 1. The van der Waals surface area contributed by atoms with Crippen LogP contribution in [-0.2, 0) is 11.8 Å². The number of aryl methyl sites for hydroxylation is 2. The zero-order valence-electron chi connectivity index (χ0n) is 9.77. The molecule has 0 spiro atoms. The van der Waals surface area contributed by atoms with Crippen molar-refractivity contribution >= 4 is 11.8 Å². The molecule has 1 heterocycles. The number of carboxylic acids is 1. The molecule has 2 N–H and O–H groups in total. The fourth-order valence-electron chi connectivity index (χ4n) is 1.51. The van der Waals surface area contributed by atoms with Crippen LogP contribution in [0.2, 0.25) is 0 Å². The van der Waals surface area contributed by atoms with E-state index in [2.05, 4.69) is 17.0 Å². The average molecular weight is 234 g/mol. The van der Waals surface area contributed by atoms with Gasteiger partial charge < -0.3 is 10.4 Å². The van der Waals surface area contributed by atoms with E-state index in [1.54, 1.807) is 14.0 Å². The number of nitrogens with zero attached hydrogens (tertiary/aromatic N) is 3. The van der Waals surface area contributed by atoms with Crippen LogP contribution in [0.4, 0.5) is 5.82 Å². The number of aliphatic carboxylic acids is 1. The van der Waals surface area contributed by atoms with Crippen molar-refractivity contribution in [1.29, 1.82) is 5.26 Å². The molecule has 1 aromatic heterocycles. The van der Waals surface area contributed by atoms with Crippen LogP contribution in [0.15, 0.2) is 12.7 Å². The van der Waals surface area contributed by atoms with Crippen molar-refractivity contribution in [3.05, 3.63) is 23.9 Å². The van der Waals surface area contributed by atoms with Gasteiger partial charge in [-0.1, -0.05) is 6.08 Å². The maximum Gasteiger partial charge on any atom is 0.326 e. The molecule has 1 aromatic rings. The summed E-state index contributed by atoms with van der Waals surface area (Å²) < 4.78 is 1.47. The highest BCUT2D eigenvalue weighted by Crippen LogP contribution is 2.19. The summed E-state index contributed by atoms with van der Waals surface area (Å²) in [5.74, 6) is -0.577. The highest BCUT2D eigenvalue weighted by atomic mass is 16.4. The van der Waals surface area contributed by atoms with E-state index in [9.17, 15) is 4.79 Å². The number of hydrogen-bond donors (Lipinski definition) is 2. The van der Waals surface area contributed by atoms with E-state index in [4.69, 9.17) is 10.4 Å². The molecule has 0 saturated carbocycles. The summed E-state index contributed by atoms with van der Waals surface area (Å²) in [5.41, 5.74) is 0.933. The fourth-order valence-corrected chi connectivity index (χ4v) is 1.51. The molecule has 0 aliphatic heterocycles. The standard InChI is InChI=1S/C11H14N4O2/c1-4-5-9(11(16)17)13-10-8(6-12)7(2)14-15(10)3/h4,9,13H,1,5H2,2-3H3,(H,16,17). The minimum absolute atomic E-state index is 0.268. The molecule has 0 amide bonds. The lowest BCUT2D eigenvalue weighted by Gasteiger charge is -2.14. The SMILES string of the molecule is C=CCC(Nc1c(C#N)c(C)nn1C)C(=O)O. The summed E-state index contributed by atoms with van der Waals surface area (Å²) in [7, 11) is 1.66. The minimum Gasteiger partial charge on any atom is -0.480 e. The van der Waals surface area contributed by atoms with Gasteiger partial charge in [0, 0.05) is 7.05 Å². The van der Waals surface area contributed by atoms with E-state index in [1.165, 1.54) is 10.8 Å². The maximum absolute atomic E-state index is 11.0. The van der Waals surface area contributed by atoms with Crippen molar-refractivity contribution in [1.82, 2.24) is 9.78 Å². The Labute approximate surface area is 99.2 Å². The van der Waals surface area contributed by atoms with E-state index < -0.39 is 12.0 Å². The van der Waals surface area contributed by atoms with E-state index in [-0.39, 0.29) is 6.42 Å². The van der Waals surface area contributed by atoms with Crippen molar-refractivity contribution in [3.8, 4) is 6.07 Å². The molecule has 17 heavy (non-hydrogen) atoms. The molecule has 90 valence electrons. The zero-order chi connectivity index (χ0) is 13.0. The maximum atomic E-state index is 11.0. The lowest BCUT2D eigenvalue weighted by Crippen LogP contribution is -2.29. The summed E-state index contributed by atoms with van der Waals surface area (Å²) in [6, 6.07) is 1.20. The summed E-state index contributed by atoms with van der Waals surface area (Å²) in [6.07, 6.45) is 1.78. The van der Waals surface area contributed by atoms with Crippen LogP contribution >= 0.6 is 0 Å². The van der Waals surface area contributed by atoms with E-state index in [0.717, 1.165) is 0 Å². The largest absolute Gasteiger partial charge is 0.480 e. The zero-order valence-corrected chi connectivity index (χ0v) is 9.77. The molecule has 0 aromatic carbocycles. The Morgan fingerprint density at radius 1 is 1.82 bits per heavy atom. The number of anilines is 1. The van der Waals surface area contributed by atoms with Crippen LogP contribution in [0, 0.1) is 18.3 Å². The Hall–Kier alpha value is -2.29. The first-order chi connectivity index (χ1) is 8.01. The van der Waals surface area contributed by atoms with Gasteiger partial charge in [0.15, 0.2) is 0 Å². The third-order valence-corrected chi connectivity index (χ3v) is 2.35. The first kappa shape index (κ1) is 12.8. The molecule has 0 fully saturated rings. The van der Waals surface area contributed by atoms with Crippen molar-refractivity contribution in [2.75, 3.05) is 5.32 Å². The van der Waals surface area contributed by atoms with Crippen LogP contribution in [0.1, 0.15) is 17.7 Å². The second-order valence-electron chi connectivity index (χ2n) is 3.60. The number of aromatic nitrogens is 2.